The summed E-state index contributed by atoms with van der Waals surface area (Å²) in [7, 11) is 1.44. The standard InChI is InChI=1S/C14H19FN2O4/c1-3-17(11-7-21-8-12(11)18)14(19)16-10-6-9(15)4-5-13(10)20-2/h4-6,11-12,18H,3,7-8H2,1-2H3,(H,16,19)/t11-,12-/m0/s1. The van der Waals surface area contributed by atoms with Crippen molar-refractivity contribution in [3.63, 3.8) is 0 Å². The van der Waals surface area contributed by atoms with E-state index in [2.05, 4.69) is 5.32 Å². The van der Waals surface area contributed by atoms with E-state index in [4.69, 9.17) is 9.47 Å². The molecule has 2 N–H and O–H groups in total. The molecule has 1 fully saturated rings. The van der Waals surface area contributed by atoms with Gasteiger partial charge in [0.2, 0.25) is 0 Å². The number of amides is 2. The molecular weight excluding hydrogens is 279 g/mol. The van der Waals surface area contributed by atoms with Crippen LogP contribution in [0.1, 0.15) is 6.92 Å². The van der Waals surface area contributed by atoms with E-state index in [1.54, 1.807) is 6.92 Å². The summed E-state index contributed by atoms with van der Waals surface area (Å²) in [5.41, 5.74) is 0.245. The summed E-state index contributed by atoms with van der Waals surface area (Å²) in [4.78, 5) is 13.8. The second-order valence-corrected chi connectivity index (χ2v) is 4.73. The molecule has 2 atom stereocenters. The van der Waals surface area contributed by atoms with Gasteiger partial charge >= 0.3 is 6.03 Å². The highest BCUT2D eigenvalue weighted by atomic mass is 19.1. The third-order valence-electron chi connectivity index (χ3n) is 3.43. The van der Waals surface area contributed by atoms with Gasteiger partial charge < -0.3 is 24.8 Å². The van der Waals surface area contributed by atoms with E-state index < -0.39 is 24.0 Å². The minimum absolute atomic E-state index is 0.206. The fourth-order valence-corrected chi connectivity index (χ4v) is 2.32. The summed E-state index contributed by atoms with van der Waals surface area (Å²) < 4.78 is 23.5. The van der Waals surface area contributed by atoms with Crippen LogP contribution in [0.4, 0.5) is 14.9 Å². The molecule has 1 aliphatic rings. The Hall–Kier alpha value is -1.86. The fraction of sp³-hybridized carbons (Fsp3) is 0.500. The number of hydrogen-bond acceptors (Lipinski definition) is 4. The van der Waals surface area contributed by atoms with E-state index in [0.29, 0.717) is 12.3 Å². The number of aliphatic hydroxyl groups is 1. The van der Waals surface area contributed by atoms with Crippen LogP contribution in [0.25, 0.3) is 0 Å². The van der Waals surface area contributed by atoms with Crippen molar-refractivity contribution in [3.05, 3.63) is 24.0 Å². The Bertz CT molecular complexity index is 512. The van der Waals surface area contributed by atoms with Crippen LogP contribution in [0.3, 0.4) is 0 Å². The first-order valence-corrected chi connectivity index (χ1v) is 6.73. The smallest absolute Gasteiger partial charge is 0.322 e. The molecule has 0 spiro atoms. The van der Waals surface area contributed by atoms with Crippen LogP contribution in [0.15, 0.2) is 18.2 Å². The number of ether oxygens (including phenoxy) is 2. The topological polar surface area (TPSA) is 71.0 Å². The highest BCUT2D eigenvalue weighted by Gasteiger charge is 2.34. The Morgan fingerprint density at radius 3 is 2.90 bits per heavy atom. The minimum Gasteiger partial charge on any atom is -0.495 e. The number of carbonyl (C=O) groups excluding carboxylic acids is 1. The first-order chi connectivity index (χ1) is 10.1. The summed E-state index contributed by atoms with van der Waals surface area (Å²) in [6, 6.07) is 3.03. The summed E-state index contributed by atoms with van der Waals surface area (Å²) in [6.07, 6.45) is -0.717. The fourth-order valence-electron chi connectivity index (χ4n) is 2.32. The van der Waals surface area contributed by atoms with Gasteiger partial charge in [0.1, 0.15) is 11.6 Å². The molecule has 1 aromatic rings. The van der Waals surface area contributed by atoms with Crippen molar-refractivity contribution in [3.8, 4) is 5.75 Å². The Labute approximate surface area is 122 Å². The zero-order chi connectivity index (χ0) is 15.4. The number of hydrogen-bond donors (Lipinski definition) is 2. The van der Waals surface area contributed by atoms with Gasteiger partial charge in [-0.05, 0) is 19.1 Å². The van der Waals surface area contributed by atoms with Crippen LogP contribution in [-0.4, -0.2) is 55.1 Å². The van der Waals surface area contributed by atoms with Crippen LogP contribution >= 0.6 is 0 Å². The van der Waals surface area contributed by atoms with Gasteiger partial charge in [0.15, 0.2) is 0 Å². The molecule has 0 aromatic heterocycles. The van der Waals surface area contributed by atoms with Crippen molar-refractivity contribution < 1.29 is 23.8 Å². The van der Waals surface area contributed by atoms with Crippen LogP contribution in [-0.2, 0) is 4.74 Å². The van der Waals surface area contributed by atoms with E-state index in [-0.39, 0.29) is 18.9 Å². The summed E-state index contributed by atoms with van der Waals surface area (Å²) >= 11 is 0. The summed E-state index contributed by atoms with van der Waals surface area (Å²) in [6.45, 7) is 2.68. The quantitative estimate of drug-likeness (QED) is 0.882. The van der Waals surface area contributed by atoms with Gasteiger partial charge in [0, 0.05) is 12.6 Å². The number of likely N-dealkylation sites (N-methyl/N-ethyl adjacent to an activating group) is 1. The van der Waals surface area contributed by atoms with Crippen LogP contribution in [0, 0.1) is 5.82 Å². The second-order valence-electron chi connectivity index (χ2n) is 4.73. The molecule has 6 nitrogen and oxygen atoms in total. The van der Waals surface area contributed by atoms with Crippen LogP contribution < -0.4 is 10.1 Å². The molecule has 0 bridgehead atoms. The van der Waals surface area contributed by atoms with E-state index in [0.717, 1.165) is 0 Å². The number of benzene rings is 1. The van der Waals surface area contributed by atoms with Gasteiger partial charge in [-0.25, -0.2) is 9.18 Å². The zero-order valence-electron chi connectivity index (χ0n) is 12.0. The summed E-state index contributed by atoms with van der Waals surface area (Å²) in [5, 5.41) is 12.4. The van der Waals surface area contributed by atoms with Gasteiger partial charge in [-0.2, -0.15) is 0 Å². The zero-order valence-corrected chi connectivity index (χ0v) is 12.0. The molecule has 2 rings (SSSR count). The van der Waals surface area contributed by atoms with Gasteiger partial charge in [0.05, 0.1) is 38.2 Å². The third-order valence-corrected chi connectivity index (χ3v) is 3.43. The Balaban J connectivity index is 2.14. The number of nitrogens with zero attached hydrogens (tertiary/aromatic N) is 1. The van der Waals surface area contributed by atoms with Gasteiger partial charge in [-0.1, -0.05) is 0 Å². The normalized spacial score (nSPS) is 21.1. The first kappa shape index (κ1) is 15.5. The van der Waals surface area contributed by atoms with Crippen molar-refractivity contribution in [2.24, 2.45) is 0 Å². The maximum Gasteiger partial charge on any atom is 0.322 e. The lowest BCUT2D eigenvalue weighted by molar-refractivity contribution is 0.1000. The van der Waals surface area contributed by atoms with E-state index in [1.807, 2.05) is 0 Å². The van der Waals surface area contributed by atoms with Crippen molar-refractivity contribution in [2.45, 2.75) is 19.1 Å². The highest BCUT2D eigenvalue weighted by Crippen LogP contribution is 2.25. The largest absolute Gasteiger partial charge is 0.495 e. The number of nitrogens with one attached hydrogen (secondary N) is 1. The number of methoxy groups -OCH3 is 1. The molecule has 0 radical (unpaired) electrons. The number of carbonyl (C=O) groups is 1. The molecule has 21 heavy (non-hydrogen) atoms. The molecule has 0 unspecified atom stereocenters. The molecule has 1 aromatic carbocycles. The maximum atomic E-state index is 13.3. The number of aliphatic hydroxyl groups excluding tert-OH is 1. The van der Waals surface area contributed by atoms with Gasteiger partial charge in [-0.15, -0.1) is 0 Å². The lowest BCUT2D eigenvalue weighted by Gasteiger charge is -2.29. The Kier molecular flexibility index (Phi) is 4.98. The molecule has 0 saturated carbocycles. The second kappa shape index (κ2) is 6.73. The Morgan fingerprint density at radius 2 is 2.33 bits per heavy atom. The summed E-state index contributed by atoms with van der Waals surface area (Å²) in [5.74, 6) is -0.109. The van der Waals surface area contributed by atoms with Crippen molar-refractivity contribution in [2.75, 3.05) is 32.2 Å². The van der Waals surface area contributed by atoms with E-state index in [9.17, 15) is 14.3 Å². The minimum atomic E-state index is -0.717. The number of rotatable bonds is 4. The lowest BCUT2D eigenvalue weighted by atomic mass is 10.2. The van der Waals surface area contributed by atoms with Crippen LogP contribution in [0.5, 0.6) is 5.75 Å². The van der Waals surface area contributed by atoms with Crippen molar-refractivity contribution in [1.82, 2.24) is 4.90 Å². The molecule has 1 saturated heterocycles. The molecule has 7 heteroatoms. The van der Waals surface area contributed by atoms with Crippen LogP contribution in [0.2, 0.25) is 0 Å². The van der Waals surface area contributed by atoms with E-state index >= 15 is 0 Å². The predicted molar refractivity (Wildman–Crippen MR) is 75.0 cm³/mol. The third kappa shape index (κ3) is 3.43. The monoisotopic (exact) mass is 298 g/mol. The molecule has 1 aliphatic heterocycles. The average Bonchev–Trinajstić information content (AvgIpc) is 2.86. The lowest BCUT2D eigenvalue weighted by Crippen LogP contribution is -2.48. The molecule has 116 valence electrons. The molecular formula is C14H19FN2O4. The SMILES string of the molecule is CCN(C(=O)Nc1cc(F)ccc1OC)[C@H]1COC[C@@H]1O. The highest BCUT2D eigenvalue weighted by molar-refractivity contribution is 5.91. The molecule has 1 heterocycles. The molecule has 0 aliphatic carbocycles. The number of anilines is 1. The maximum absolute atomic E-state index is 13.3. The number of urea groups is 1. The predicted octanol–water partition coefficient (Wildman–Crippen LogP) is 1.45. The Morgan fingerprint density at radius 1 is 1.57 bits per heavy atom. The first-order valence-electron chi connectivity index (χ1n) is 6.73. The number of halogens is 1. The molecule has 2 amide bonds. The van der Waals surface area contributed by atoms with Gasteiger partial charge in [-0.3, -0.25) is 0 Å². The van der Waals surface area contributed by atoms with Crippen molar-refractivity contribution in [1.29, 1.82) is 0 Å². The van der Waals surface area contributed by atoms with E-state index in [1.165, 1.54) is 30.2 Å². The van der Waals surface area contributed by atoms with Crippen molar-refractivity contribution >= 4 is 11.7 Å². The van der Waals surface area contributed by atoms with Gasteiger partial charge in [0.25, 0.3) is 0 Å². The average molecular weight is 298 g/mol.